The maximum Gasteiger partial charge on any atom is 0.497 e. The van der Waals surface area contributed by atoms with Crippen LogP contribution >= 0.6 is 0 Å². The van der Waals surface area contributed by atoms with Gasteiger partial charge in [-0.3, -0.25) is 18.9 Å². The van der Waals surface area contributed by atoms with Crippen molar-refractivity contribution in [1.82, 2.24) is 9.88 Å². The smallest absolute Gasteiger partial charge is 0.439 e. The van der Waals surface area contributed by atoms with E-state index in [0.29, 0.717) is 10.8 Å². The summed E-state index contributed by atoms with van der Waals surface area (Å²) in [6.07, 6.45) is 1.53. The van der Waals surface area contributed by atoms with E-state index in [-0.39, 0.29) is 34.0 Å². The van der Waals surface area contributed by atoms with E-state index >= 15 is 0 Å². The molecule has 0 spiro atoms. The Labute approximate surface area is 210 Å². The van der Waals surface area contributed by atoms with Crippen molar-refractivity contribution in [3.8, 4) is 5.88 Å². The number of carbonyl (C=O) groups excluding carboxylic acids is 1. The third-order valence-corrected chi connectivity index (χ3v) is 8.03. The number of carbonyl (C=O) groups is 1. The second-order valence-corrected chi connectivity index (χ2v) is 11.8. The first-order chi connectivity index (χ1) is 16.7. The first-order valence-corrected chi connectivity index (χ1v) is 13.2. The average molecular weight is 515 g/mol. The molecule has 3 heterocycles. The zero-order valence-electron chi connectivity index (χ0n) is 21.4. The summed E-state index contributed by atoms with van der Waals surface area (Å²) < 4.78 is 47.2. The van der Waals surface area contributed by atoms with Gasteiger partial charge in [0, 0.05) is 36.2 Å². The second-order valence-electron chi connectivity index (χ2n) is 9.80. The molecule has 4 rings (SSSR count). The molecule has 10 nitrogen and oxygen atoms in total. The summed E-state index contributed by atoms with van der Waals surface area (Å²) in [4.78, 5) is 25.7. The zero-order valence-corrected chi connectivity index (χ0v) is 22.2. The molecule has 1 aliphatic rings. The third kappa shape index (κ3) is 4.44. The highest BCUT2D eigenvalue weighted by atomic mass is 32.2. The lowest BCUT2D eigenvalue weighted by atomic mass is 9.77. The number of hydrogen-bond donors (Lipinski definition) is 2. The average Bonchev–Trinajstić information content (AvgIpc) is 3.24. The molecule has 1 aliphatic heterocycles. The molecule has 3 aromatic rings. The quantitative estimate of drug-likeness (QED) is 0.482. The number of furan rings is 1. The summed E-state index contributed by atoms with van der Waals surface area (Å²) in [7, 11) is -3.13. The summed E-state index contributed by atoms with van der Waals surface area (Å²) in [6, 6.07) is 6.25. The summed E-state index contributed by atoms with van der Waals surface area (Å²) >= 11 is 0. The lowest BCUT2D eigenvalue weighted by Crippen LogP contribution is -2.41. The second kappa shape index (κ2) is 8.79. The van der Waals surface area contributed by atoms with Crippen molar-refractivity contribution >= 4 is 45.2 Å². The normalized spacial score (nSPS) is 16.9. The molecule has 0 bridgehead atoms. The lowest BCUT2D eigenvalue weighted by molar-refractivity contribution is 0.00578. The molecule has 192 valence electrons. The highest BCUT2D eigenvalue weighted by Gasteiger charge is 2.52. The minimum absolute atomic E-state index is 0.0183. The van der Waals surface area contributed by atoms with Crippen LogP contribution in [-0.4, -0.2) is 50.0 Å². The Morgan fingerprint density at radius 3 is 2.31 bits per heavy atom. The van der Waals surface area contributed by atoms with Crippen LogP contribution in [0.2, 0.25) is 0 Å². The van der Waals surface area contributed by atoms with E-state index in [0.717, 1.165) is 5.56 Å². The van der Waals surface area contributed by atoms with Crippen LogP contribution in [0, 0.1) is 6.92 Å². The summed E-state index contributed by atoms with van der Waals surface area (Å²) in [5, 5.41) is 2.97. The number of hydrogen-bond acceptors (Lipinski definition) is 7. The van der Waals surface area contributed by atoms with E-state index in [4.69, 9.17) is 13.7 Å². The van der Waals surface area contributed by atoms with Gasteiger partial charge < -0.3 is 19.0 Å². The Balaban J connectivity index is 2.02. The maximum absolute atomic E-state index is 13.0. The molecule has 12 heteroatoms. The van der Waals surface area contributed by atoms with Gasteiger partial charge in [-0.05, 0) is 59.2 Å². The number of nitrogens with one attached hydrogen (secondary N) is 2. The fourth-order valence-electron chi connectivity index (χ4n) is 3.90. The number of aromatic nitrogens is 1. The summed E-state index contributed by atoms with van der Waals surface area (Å²) in [6.45, 7) is 10.9. The standard InChI is InChI=1S/C24H30BN3O7S/c1-8-36(31,32)27-17-13-18-15(12-16(17)25-34-23(3,4)24(5,6)35-25)20(21(30)26-7)22(33-18)28-10-9-14(2)11-19(28)29/h9-13,27H,8H2,1-7H3,(H,26,30). The van der Waals surface area contributed by atoms with Crippen molar-refractivity contribution in [2.45, 2.75) is 52.7 Å². The Morgan fingerprint density at radius 2 is 1.75 bits per heavy atom. The van der Waals surface area contributed by atoms with Crippen molar-refractivity contribution in [1.29, 1.82) is 0 Å². The molecule has 0 atom stereocenters. The van der Waals surface area contributed by atoms with Gasteiger partial charge in [-0.25, -0.2) is 8.42 Å². The predicted octanol–water partition coefficient (Wildman–Crippen LogP) is 2.31. The van der Waals surface area contributed by atoms with Gasteiger partial charge in [-0.2, -0.15) is 0 Å². The zero-order chi connectivity index (χ0) is 26.6. The predicted molar refractivity (Wildman–Crippen MR) is 139 cm³/mol. The van der Waals surface area contributed by atoms with Gasteiger partial charge in [0.25, 0.3) is 11.5 Å². The number of benzene rings is 1. The first kappa shape index (κ1) is 26.0. The van der Waals surface area contributed by atoms with Gasteiger partial charge in [0.15, 0.2) is 0 Å². The van der Waals surface area contributed by atoms with Gasteiger partial charge in [0.2, 0.25) is 15.9 Å². The SMILES string of the molecule is CCS(=O)(=O)Nc1cc2oc(-n3ccc(C)cc3=O)c(C(=O)NC)c2cc1B1OC(C)(C)C(C)(C)O1. The maximum atomic E-state index is 13.0. The Morgan fingerprint density at radius 1 is 1.11 bits per heavy atom. The van der Waals surface area contributed by atoms with E-state index in [1.54, 1.807) is 19.1 Å². The van der Waals surface area contributed by atoms with Crippen LogP contribution < -0.4 is 21.1 Å². The van der Waals surface area contributed by atoms with E-state index in [1.807, 2.05) is 27.7 Å². The van der Waals surface area contributed by atoms with Crippen molar-refractivity contribution in [2.75, 3.05) is 17.5 Å². The number of rotatable bonds is 6. The molecule has 0 saturated carbocycles. The molecule has 2 aromatic heterocycles. The van der Waals surface area contributed by atoms with Crippen molar-refractivity contribution in [3.05, 3.63) is 51.9 Å². The van der Waals surface area contributed by atoms with E-state index in [1.165, 1.54) is 36.9 Å². The molecule has 1 saturated heterocycles. The van der Waals surface area contributed by atoms with Gasteiger partial charge >= 0.3 is 7.12 Å². The van der Waals surface area contributed by atoms with Crippen LogP contribution in [0.5, 0.6) is 0 Å². The number of sulfonamides is 1. The van der Waals surface area contributed by atoms with Crippen LogP contribution in [0.15, 0.2) is 39.7 Å². The summed E-state index contributed by atoms with van der Waals surface area (Å²) in [5.41, 5.74) is -0.0755. The van der Waals surface area contributed by atoms with Crippen LogP contribution in [0.1, 0.15) is 50.5 Å². The molecule has 0 unspecified atom stereocenters. The van der Waals surface area contributed by atoms with E-state index in [2.05, 4.69) is 10.0 Å². The molecular weight excluding hydrogens is 485 g/mol. The summed E-state index contributed by atoms with van der Waals surface area (Å²) in [5.74, 6) is -0.609. The van der Waals surface area contributed by atoms with Crippen LogP contribution in [-0.2, 0) is 19.3 Å². The van der Waals surface area contributed by atoms with Crippen LogP contribution in [0.3, 0.4) is 0 Å². The highest BCUT2D eigenvalue weighted by molar-refractivity contribution is 7.92. The van der Waals surface area contributed by atoms with Gasteiger partial charge in [0.05, 0.1) is 22.6 Å². The number of anilines is 1. The minimum Gasteiger partial charge on any atom is -0.439 e. The van der Waals surface area contributed by atoms with Gasteiger partial charge in [0.1, 0.15) is 11.1 Å². The van der Waals surface area contributed by atoms with Crippen molar-refractivity contribution in [3.63, 3.8) is 0 Å². The fourth-order valence-corrected chi connectivity index (χ4v) is 4.56. The Kier molecular flexibility index (Phi) is 6.34. The highest BCUT2D eigenvalue weighted by Crippen LogP contribution is 2.38. The molecular formula is C24H30BN3O7S. The van der Waals surface area contributed by atoms with E-state index in [9.17, 15) is 18.0 Å². The molecule has 36 heavy (non-hydrogen) atoms. The molecule has 0 aliphatic carbocycles. The van der Waals surface area contributed by atoms with Crippen LogP contribution in [0.25, 0.3) is 16.9 Å². The van der Waals surface area contributed by atoms with Gasteiger partial charge in [-0.1, -0.05) is 0 Å². The third-order valence-electron chi connectivity index (χ3n) is 6.74. The largest absolute Gasteiger partial charge is 0.497 e. The molecule has 1 fully saturated rings. The molecule has 1 amide bonds. The number of aryl methyl sites for hydroxylation is 1. The number of pyridine rings is 1. The Bertz CT molecular complexity index is 1510. The first-order valence-electron chi connectivity index (χ1n) is 11.6. The van der Waals surface area contributed by atoms with Crippen LogP contribution in [0.4, 0.5) is 5.69 Å². The topological polar surface area (TPSA) is 129 Å². The molecule has 2 N–H and O–H groups in total. The van der Waals surface area contributed by atoms with Crippen molar-refractivity contribution in [2.24, 2.45) is 0 Å². The van der Waals surface area contributed by atoms with Gasteiger partial charge in [-0.15, -0.1) is 0 Å². The number of amides is 1. The fraction of sp³-hybridized carbons (Fsp3) is 0.417. The number of nitrogens with zero attached hydrogens (tertiary/aromatic N) is 1. The minimum atomic E-state index is -3.68. The Hall–Kier alpha value is -3.09. The van der Waals surface area contributed by atoms with Crippen molar-refractivity contribution < 1.29 is 26.9 Å². The molecule has 0 radical (unpaired) electrons. The lowest BCUT2D eigenvalue weighted by Gasteiger charge is -2.32. The molecule has 1 aromatic carbocycles. The monoisotopic (exact) mass is 515 g/mol. The van der Waals surface area contributed by atoms with E-state index < -0.39 is 34.3 Å². The number of fused-ring (bicyclic) bond motifs is 1.